The molecular formula is C33H29BrN2O8S. The highest BCUT2D eigenvalue weighted by atomic mass is 79.9. The van der Waals surface area contributed by atoms with Gasteiger partial charge in [0.1, 0.15) is 11.5 Å². The first kappa shape index (κ1) is 31.7. The number of carbonyl (C=O) groups is 2. The maximum Gasteiger partial charge on any atom is 0.343 e. The van der Waals surface area contributed by atoms with Crippen LogP contribution < -0.4 is 33.8 Å². The molecule has 232 valence electrons. The van der Waals surface area contributed by atoms with Crippen molar-refractivity contribution in [3.63, 3.8) is 0 Å². The van der Waals surface area contributed by atoms with Crippen molar-refractivity contribution in [3.8, 4) is 23.0 Å². The number of aromatic nitrogens is 1. The van der Waals surface area contributed by atoms with Crippen LogP contribution in [0.3, 0.4) is 0 Å². The number of carbonyl (C=O) groups excluding carboxylic acids is 2. The number of rotatable bonds is 9. The third-order valence-corrected chi connectivity index (χ3v) is 8.70. The molecule has 0 fully saturated rings. The minimum atomic E-state index is -0.851. The van der Waals surface area contributed by atoms with E-state index in [9.17, 15) is 14.4 Å². The average molecular weight is 694 g/mol. The third-order valence-electron chi connectivity index (χ3n) is 7.03. The van der Waals surface area contributed by atoms with Crippen molar-refractivity contribution in [2.24, 2.45) is 4.99 Å². The van der Waals surface area contributed by atoms with Gasteiger partial charge in [0.15, 0.2) is 16.3 Å². The van der Waals surface area contributed by atoms with E-state index in [1.165, 1.54) is 30.1 Å². The van der Waals surface area contributed by atoms with Crippen molar-refractivity contribution in [3.05, 3.63) is 113 Å². The van der Waals surface area contributed by atoms with Gasteiger partial charge in [0, 0.05) is 4.47 Å². The van der Waals surface area contributed by atoms with E-state index < -0.39 is 18.0 Å². The van der Waals surface area contributed by atoms with Crippen molar-refractivity contribution < 1.29 is 33.3 Å². The number of hydrogen-bond acceptors (Lipinski definition) is 10. The van der Waals surface area contributed by atoms with Gasteiger partial charge < -0.3 is 23.7 Å². The second-order valence-electron chi connectivity index (χ2n) is 9.72. The number of fused-ring (bicyclic) bond motifs is 1. The number of halogens is 1. The normalized spacial score (nSPS) is 14.4. The Bertz CT molecular complexity index is 1980. The molecule has 0 saturated carbocycles. The van der Waals surface area contributed by atoms with Crippen LogP contribution >= 0.6 is 27.3 Å². The Kier molecular flexibility index (Phi) is 9.54. The van der Waals surface area contributed by atoms with Crippen LogP contribution in [0.1, 0.15) is 41.4 Å². The van der Waals surface area contributed by atoms with E-state index in [1.807, 2.05) is 0 Å². The Morgan fingerprint density at radius 3 is 2.20 bits per heavy atom. The van der Waals surface area contributed by atoms with Crippen molar-refractivity contribution in [2.45, 2.75) is 19.9 Å². The van der Waals surface area contributed by atoms with Crippen LogP contribution in [0.15, 0.2) is 86.2 Å². The van der Waals surface area contributed by atoms with Gasteiger partial charge in [0.25, 0.3) is 5.56 Å². The Morgan fingerprint density at radius 2 is 1.58 bits per heavy atom. The summed E-state index contributed by atoms with van der Waals surface area (Å²) in [7, 11) is 4.59. The molecule has 0 aliphatic carbocycles. The number of benzene rings is 3. The molecular weight excluding hydrogens is 664 g/mol. The van der Waals surface area contributed by atoms with Crippen LogP contribution in [0.2, 0.25) is 0 Å². The van der Waals surface area contributed by atoms with E-state index in [2.05, 4.69) is 20.9 Å². The number of hydrogen-bond donors (Lipinski definition) is 0. The van der Waals surface area contributed by atoms with E-state index in [0.717, 1.165) is 0 Å². The second kappa shape index (κ2) is 13.5. The molecule has 0 spiro atoms. The van der Waals surface area contributed by atoms with Crippen LogP contribution in [0, 0.1) is 0 Å². The predicted octanol–water partition coefficient (Wildman–Crippen LogP) is 4.81. The fraction of sp³-hybridized carbons (Fsp3) is 0.212. The highest BCUT2D eigenvalue weighted by Gasteiger charge is 2.35. The summed E-state index contributed by atoms with van der Waals surface area (Å²) in [6.07, 6.45) is 1.73. The molecule has 0 radical (unpaired) electrons. The highest BCUT2D eigenvalue weighted by molar-refractivity contribution is 9.10. The van der Waals surface area contributed by atoms with Gasteiger partial charge in [0.05, 0.1) is 55.3 Å². The zero-order chi connectivity index (χ0) is 32.2. The van der Waals surface area contributed by atoms with Gasteiger partial charge in [-0.25, -0.2) is 14.6 Å². The third kappa shape index (κ3) is 6.43. The smallest absolute Gasteiger partial charge is 0.343 e. The number of nitrogens with zero attached hydrogens (tertiary/aromatic N) is 2. The van der Waals surface area contributed by atoms with E-state index in [-0.39, 0.29) is 17.7 Å². The van der Waals surface area contributed by atoms with E-state index in [1.54, 1.807) is 87.7 Å². The molecule has 3 aromatic carbocycles. The van der Waals surface area contributed by atoms with Gasteiger partial charge in [-0.3, -0.25) is 9.36 Å². The van der Waals surface area contributed by atoms with Crippen molar-refractivity contribution in [1.29, 1.82) is 0 Å². The predicted molar refractivity (Wildman–Crippen MR) is 172 cm³/mol. The molecule has 5 rings (SSSR count). The Balaban J connectivity index is 1.54. The number of methoxy groups -OCH3 is 3. The first-order chi connectivity index (χ1) is 21.7. The summed E-state index contributed by atoms with van der Waals surface area (Å²) >= 11 is 4.80. The SMILES string of the molecule is CCOC(=O)C1=C(C)N=c2s/c(=C\c3ccc(OC(=O)c4ccc(OC)cc4)cc3)c(=O)n2[C@H]1c1cc(OC)c(OC)cc1Br. The summed E-state index contributed by atoms with van der Waals surface area (Å²) in [6.45, 7) is 3.60. The van der Waals surface area contributed by atoms with Crippen molar-refractivity contribution >= 4 is 45.3 Å². The van der Waals surface area contributed by atoms with E-state index >= 15 is 0 Å². The average Bonchev–Trinajstić information content (AvgIpc) is 3.34. The Hall–Kier alpha value is -4.68. The van der Waals surface area contributed by atoms with E-state index in [4.69, 9.17) is 23.7 Å². The minimum Gasteiger partial charge on any atom is -0.497 e. The molecule has 1 atom stereocenters. The summed E-state index contributed by atoms with van der Waals surface area (Å²) in [5.74, 6) is 0.825. The monoisotopic (exact) mass is 692 g/mol. The Labute approximate surface area is 270 Å². The number of ether oxygens (including phenoxy) is 5. The molecule has 10 nitrogen and oxygen atoms in total. The number of thiazole rings is 1. The number of esters is 2. The topological polar surface area (TPSA) is 115 Å². The molecule has 45 heavy (non-hydrogen) atoms. The lowest BCUT2D eigenvalue weighted by Gasteiger charge is -2.26. The van der Waals surface area contributed by atoms with Gasteiger partial charge in [-0.15, -0.1) is 0 Å². The lowest BCUT2D eigenvalue weighted by Crippen LogP contribution is -2.40. The van der Waals surface area contributed by atoms with Crippen molar-refractivity contribution in [1.82, 2.24) is 4.57 Å². The molecule has 1 aliphatic rings. The summed E-state index contributed by atoms with van der Waals surface area (Å²) in [4.78, 5) is 44.9. The molecule has 1 aliphatic heterocycles. The molecule has 1 aromatic heterocycles. The second-order valence-corrected chi connectivity index (χ2v) is 11.6. The van der Waals surface area contributed by atoms with Gasteiger partial charge >= 0.3 is 11.9 Å². The maximum absolute atomic E-state index is 14.0. The molecule has 0 N–H and O–H groups in total. The van der Waals surface area contributed by atoms with Crippen LogP contribution in [0.5, 0.6) is 23.0 Å². The largest absolute Gasteiger partial charge is 0.497 e. The van der Waals surface area contributed by atoms with Gasteiger partial charge in [-0.2, -0.15) is 0 Å². The zero-order valence-electron chi connectivity index (χ0n) is 25.1. The molecule has 0 bridgehead atoms. The lowest BCUT2D eigenvalue weighted by atomic mass is 9.95. The van der Waals surface area contributed by atoms with Crippen LogP contribution in [0.25, 0.3) is 6.08 Å². The van der Waals surface area contributed by atoms with Gasteiger partial charge in [0.2, 0.25) is 0 Å². The quantitative estimate of drug-likeness (QED) is 0.182. The fourth-order valence-corrected chi connectivity index (χ4v) is 6.43. The molecule has 4 aromatic rings. The van der Waals surface area contributed by atoms with Crippen LogP contribution in [0.4, 0.5) is 0 Å². The fourth-order valence-electron chi connectivity index (χ4n) is 4.84. The van der Waals surface area contributed by atoms with E-state index in [0.29, 0.717) is 59.2 Å². The lowest BCUT2D eigenvalue weighted by molar-refractivity contribution is -0.139. The molecule has 0 amide bonds. The summed E-state index contributed by atoms with van der Waals surface area (Å²) in [5, 5.41) is 0. The minimum absolute atomic E-state index is 0.158. The summed E-state index contributed by atoms with van der Waals surface area (Å²) in [5.41, 5.74) is 2.03. The summed E-state index contributed by atoms with van der Waals surface area (Å²) < 4.78 is 29.5. The van der Waals surface area contributed by atoms with Crippen molar-refractivity contribution in [2.75, 3.05) is 27.9 Å². The standard InChI is InChI=1S/C33H29BrN2O8S/c1-6-43-32(39)28-18(2)35-33-36(29(28)23-16-25(41-4)26(42-5)17-24(23)34)30(37)27(45-33)15-19-7-11-22(12-8-19)44-31(38)20-9-13-21(40-3)14-10-20/h7-17,29H,6H2,1-5H3/b27-15-/t29-/m0/s1. The van der Waals surface area contributed by atoms with Crippen LogP contribution in [-0.2, 0) is 9.53 Å². The van der Waals surface area contributed by atoms with Gasteiger partial charge in [-0.05, 0) is 79.6 Å². The first-order valence-electron chi connectivity index (χ1n) is 13.8. The van der Waals surface area contributed by atoms with Crippen LogP contribution in [-0.4, -0.2) is 44.4 Å². The summed E-state index contributed by atoms with van der Waals surface area (Å²) in [6, 6.07) is 16.0. The molecule has 12 heteroatoms. The molecule has 0 saturated heterocycles. The van der Waals surface area contributed by atoms with Gasteiger partial charge in [-0.1, -0.05) is 39.4 Å². The molecule has 2 heterocycles. The maximum atomic E-state index is 14.0. The molecule has 0 unspecified atom stereocenters. The first-order valence-corrected chi connectivity index (χ1v) is 15.4. The zero-order valence-corrected chi connectivity index (χ0v) is 27.5. The Morgan fingerprint density at radius 1 is 0.933 bits per heavy atom. The highest BCUT2D eigenvalue weighted by Crippen LogP contribution is 2.40. The number of allylic oxidation sites excluding steroid dienone is 1.